The van der Waals surface area contributed by atoms with E-state index in [9.17, 15) is 0 Å². The molecule has 2 fully saturated rings. The lowest BCUT2D eigenvalue weighted by Crippen LogP contribution is -2.47. The molecular formula is C27H36N2O2. The summed E-state index contributed by atoms with van der Waals surface area (Å²) in [6.45, 7) is 1.86. The highest BCUT2D eigenvalue weighted by Crippen LogP contribution is 2.49. The van der Waals surface area contributed by atoms with Crippen molar-refractivity contribution < 1.29 is 9.47 Å². The molecule has 31 heavy (non-hydrogen) atoms. The van der Waals surface area contributed by atoms with E-state index in [1.165, 1.54) is 42.5 Å². The number of benzene rings is 1. The molecule has 1 aromatic carbocycles. The molecule has 1 spiro atoms. The van der Waals surface area contributed by atoms with Crippen molar-refractivity contribution in [2.24, 2.45) is 0 Å². The van der Waals surface area contributed by atoms with Gasteiger partial charge in [0.05, 0.1) is 11.7 Å². The third kappa shape index (κ3) is 4.18. The third-order valence-electron chi connectivity index (χ3n) is 8.09. The summed E-state index contributed by atoms with van der Waals surface area (Å²) in [6, 6.07) is 15.6. The van der Waals surface area contributed by atoms with E-state index in [0.29, 0.717) is 6.04 Å². The lowest BCUT2D eigenvalue weighted by Gasteiger charge is -2.46. The number of fused-ring (bicyclic) bond motifs is 1. The largest absolute Gasteiger partial charge is 0.377 e. The normalized spacial score (nSPS) is 29.7. The van der Waals surface area contributed by atoms with Gasteiger partial charge >= 0.3 is 0 Å². The van der Waals surface area contributed by atoms with Crippen molar-refractivity contribution in [1.29, 1.82) is 0 Å². The molecule has 0 bridgehead atoms. The van der Waals surface area contributed by atoms with Gasteiger partial charge in [0.2, 0.25) is 0 Å². The summed E-state index contributed by atoms with van der Waals surface area (Å²) in [7, 11) is 1.83. The summed E-state index contributed by atoms with van der Waals surface area (Å²) in [6.07, 6.45) is 12.7. The molecule has 2 heterocycles. The Kier molecular flexibility index (Phi) is 6.14. The number of ether oxygens (including phenoxy) is 2. The average Bonchev–Trinajstić information content (AvgIpc) is 3.27. The Hall–Kier alpha value is -1.75. The maximum absolute atomic E-state index is 6.41. The average molecular weight is 421 g/mol. The van der Waals surface area contributed by atoms with Gasteiger partial charge < -0.3 is 14.8 Å². The first kappa shape index (κ1) is 21.1. The van der Waals surface area contributed by atoms with Gasteiger partial charge in [0.15, 0.2) is 0 Å². The molecule has 0 radical (unpaired) electrons. The van der Waals surface area contributed by atoms with Crippen LogP contribution >= 0.6 is 0 Å². The quantitative estimate of drug-likeness (QED) is 0.656. The van der Waals surface area contributed by atoms with Crippen molar-refractivity contribution in [2.75, 3.05) is 20.3 Å². The summed E-state index contributed by atoms with van der Waals surface area (Å²) in [5.74, 6) is 0. The number of rotatable bonds is 6. The van der Waals surface area contributed by atoms with Crippen molar-refractivity contribution in [1.82, 2.24) is 10.3 Å². The molecule has 4 nitrogen and oxygen atoms in total. The van der Waals surface area contributed by atoms with Crippen LogP contribution in [0.5, 0.6) is 0 Å². The minimum absolute atomic E-state index is 0.0822. The van der Waals surface area contributed by atoms with Gasteiger partial charge in [-0.2, -0.15) is 0 Å². The van der Waals surface area contributed by atoms with Crippen LogP contribution in [0, 0.1) is 0 Å². The number of nitrogens with zero attached hydrogens (tertiary/aromatic N) is 1. The van der Waals surface area contributed by atoms with Crippen LogP contribution in [0.3, 0.4) is 0 Å². The van der Waals surface area contributed by atoms with Gasteiger partial charge in [-0.25, -0.2) is 0 Å². The lowest BCUT2D eigenvalue weighted by molar-refractivity contribution is -0.104. The first-order valence-electron chi connectivity index (χ1n) is 12.1. The smallest absolute Gasteiger partial charge is 0.0825 e. The molecule has 3 aliphatic rings. The van der Waals surface area contributed by atoms with Gasteiger partial charge in [0.1, 0.15) is 0 Å². The Morgan fingerprint density at radius 2 is 1.84 bits per heavy atom. The molecule has 166 valence electrons. The van der Waals surface area contributed by atoms with E-state index >= 15 is 0 Å². The Balaban J connectivity index is 1.33. The van der Waals surface area contributed by atoms with Crippen LogP contribution in [0.15, 0.2) is 48.7 Å². The SMILES string of the molecule is CO[C@H]1CC[C@H](NCC[C@@]2(c3ccccn3)CCOC3(CCCC3)C2)c2ccccc21. The molecule has 4 heteroatoms. The van der Waals surface area contributed by atoms with E-state index in [-0.39, 0.29) is 17.1 Å². The van der Waals surface area contributed by atoms with Crippen molar-refractivity contribution >= 4 is 0 Å². The number of nitrogens with one attached hydrogen (secondary N) is 1. The standard InChI is InChI=1S/C27H36N2O2/c1-30-24-12-11-23(21-8-2-3-9-22(21)24)28-18-15-26(25-10-4-7-17-29-25)16-19-31-27(20-26)13-5-6-14-27/h2-4,7-10,17,23-24,28H,5-6,11-16,18-20H2,1H3/t23-,24-,26+/m0/s1. The van der Waals surface area contributed by atoms with E-state index in [2.05, 4.69) is 41.7 Å². The van der Waals surface area contributed by atoms with E-state index in [1.807, 2.05) is 19.4 Å². The Morgan fingerprint density at radius 1 is 1.03 bits per heavy atom. The highest BCUT2D eigenvalue weighted by molar-refractivity contribution is 5.34. The van der Waals surface area contributed by atoms with Crippen LogP contribution < -0.4 is 5.32 Å². The highest BCUT2D eigenvalue weighted by Gasteiger charge is 2.48. The number of methoxy groups -OCH3 is 1. The number of pyridine rings is 1. The molecule has 2 aliphatic carbocycles. The van der Waals surface area contributed by atoms with Crippen molar-refractivity contribution in [2.45, 2.75) is 80.9 Å². The topological polar surface area (TPSA) is 43.4 Å². The highest BCUT2D eigenvalue weighted by atomic mass is 16.5. The maximum atomic E-state index is 6.41. The molecule has 3 atom stereocenters. The minimum Gasteiger partial charge on any atom is -0.377 e. The number of hydrogen-bond donors (Lipinski definition) is 1. The Morgan fingerprint density at radius 3 is 2.61 bits per heavy atom. The first-order chi connectivity index (χ1) is 15.2. The number of aromatic nitrogens is 1. The number of hydrogen-bond acceptors (Lipinski definition) is 4. The van der Waals surface area contributed by atoms with Crippen LogP contribution in [0.4, 0.5) is 0 Å². The Labute approximate surface area is 186 Å². The molecule has 0 unspecified atom stereocenters. The fourth-order valence-electron chi connectivity index (χ4n) is 6.49. The van der Waals surface area contributed by atoms with Crippen LogP contribution in [0.25, 0.3) is 0 Å². The van der Waals surface area contributed by atoms with Crippen LogP contribution in [-0.2, 0) is 14.9 Å². The zero-order valence-corrected chi connectivity index (χ0v) is 18.8. The summed E-state index contributed by atoms with van der Waals surface area (Å²) in [4.78, 5) is 4.85. The van der Waals surface area contributed by atoms with Gasteiger partial charge in [-0.3, -0.25) is 4.98 Å². The predicted molar refractivity (Wildman–Crippen MR) is 123 cm³/mol. The van der Waals surface area contributed by atoms with E-state index in [4.69, 9.17) is 14.5 Å². The predicted octanol–water partition coefficient (Wildman–Crippen LogP) is 5.64. The van der Waals surface area contributed by atoms with E-state index in [0.717, 1.165) is 45.3 Å². The lowest BCUT2D eigenvalue weighted by atomic mass is 9.68. The molecule has 1 N–H and O–H groups in total. The third-order valence-corrected chi connectivity index (χ3v) is 8.09. The summed E-state index contributed by atoms with van der Waals surface area (Å²) < 4.78 is 12.2. The van der Waals surface area contributed by atoms with Crippen LogP contribution in [0.1, 0.15) is 86.8 Å². The van der Waals surface area contributed by atoms with Gasteiger partial charge in [-0.1, -0.05) is 43.2 Å². The van der Waals surface area contributed by atoms with Crippen molar-refractivity contribution in [3.63, 3.8) is 0 Å². The molecule has 1 saturated heterocycles. The zero-order chi connectivity index (χ0) is 21.2. The monoisotopic (exact) mass is 420 g/mol. The second-order valence-corrected chi connectivity index (χ2v) is 9.85. The van der Waals surface area contributed by atoms with Gasteiger partial charge in [-0.05, 0) is 74.8 Å². The fourth-order valence-corrected chi connectivity index (χ4v) is 6.49. The molecule has 5 rings (SSSR count). The van der Waals surface area contributed by atoms with Gasteiger partial charge in [0.25, 0.3) is 0 Å². The first-order valence-corrected chi connectivity index (χ1v) is 12.1. The Bertz CT molecular complexity index is 865. The van der Waals surface area contributed by atoms with Crippen LogP contribution in [-0.4, -0.2) is 30.8 Å². The van der Waals surface area contributed by atoms with E-state index < -0.39 is 0 Å². The van der Waals surface area contributed by atoms with Crippen molar-refractivity contribution in [3.05, 3.63) is 65.5 Å². The van der Waals surface area contributed by atoms with Gasteiger partial charge in [0, 0.05) is 37.1 Å². The fraction of sp³-hybridized carbons (Fsp3) is 0.593. The molecule has 1 aliphatic heterocycles. The summed E-state index contributed by atoms with van der Waals surface area (Å²) >= 11 is 0. The molecule has 1 aromatic heterocycles. The van der Waals surface area contributed by atoms with Crippen LogP contribution in [0.2, 0.25) is 0 Å². The van der Waals surface area contributed by atoms with Crippen molar-refractivity contribution in [3.8, 4) is 0 Å². The molecule has 2 aromatic rings. The summed E-state index contributed by atoms with van der Waals surface area (Å²) in [5, 5.41) is 3.92. The summed E-state index contributed by atoms with van der Waals surface area (Å²) in [5.41, 5.74) is 4.21. The van der Waals surface area contributed by atoms with E-state index in [1.54, 1.807) is 0 Å². The van der Waals surface area contributed by atoms with Gasteiger partial charge in [-0.15, -0.1) is 0 Å². The second-order valence-electron chi connectivity index (χ2n) is 9.85. The molecule has 0 amide bonds. The molecular weight excluding hydrogens is 384 g/mol. The molecule has 1 saturated carbocycles. The zero-order valence-electron chi connectivity index (χ0n) is 18.8. The second kappa shape index (κ2) is 9.01. The minimum atomic E-state index is 0.0822. The maximum Gasteiger partial charge on any atom is 0.0825 e.